The Labute approximate surface area is 153 Å². The van der Waals surface area contributed by atoms with E-state index in [1.54, 1.807) is 18.7 Å². The normalized spacial score (nSPS) is 12.7. The number of methoxy groups -OCH3 is 1. The fourth-order valence-corrected chi connectivity index (χ4v) is 3.57. The summed E-state index contributed by atoms with van der Waals surface area (Å²) in [6, 6.07) is 7.65. The number of fused-ring (bicyclic) bond motifs is 1. The quantitative estimate of drug-likeness (QED) is 0.720. The van der Waals surface area contributed by atoms with E-state index in [4.69, 9.17) is 14.2 Å². The van der Waals surface area contributed by atoms with Gasteiger partial charge in [0, 0.05) is 23.1 Å². The van der Waals surface area contributed by atoms with E-state index in [1.165, 1.54) is 11.3 Å². The molecule has 0 saturated heterocycles. The van der Waals surface area contributed by atoms with Gasteiger partial charge >= 0.3 is 0 Å². The summed E-state index contributed by atoms with van der Waals surface area (Å²) in [5, 5.41) is 11.8. The summed E-state index contributed by atoms with van der Waals surface area (Å²) in [4.78, 5) is 13.0. The van der Waals surface area contributed by atoms with Gasteiger partial charge in [-0.2, -0.15) is 5.10 Å². The van der Waals surface area contributed by atoms with E-state index >= 15 is 0 Å². The molecular formula is C18H17N3O4S. The number of benzene rings is 1. The molecule has 0 aliphatic carbocycles. The topological polar surface area (TPSA) is 85.5 Å². The summed E-state index contributed by atoms with van der Waals surface area (Å²) >= 11 is 1.32. The van der Waals surface area contributed by atoms with E-state index in [2.05, 4.69) is 15.5 Å². The smallest absolute Gasteiger partial charge is 0.265 e. The fourth-order valence-electron chi connectivity index (χ4n) is 2.73. The van der Waals surface area contributed by atoms with Crippen molar-refractivity contribution in [3.05, 3.63) is 46.3 Å². The molecule has 0 bridgehead atoms. The molecule has 8 heteroatoms. The first-order chi connectivity index (χ1) is 12.8. The molecule has 0 saturated carbocycles. The Kier molecular flexibility index (Phi) is 4.49. The molecule has 0 spiro atoms. The number of carbonyl (C=O) groups excluding carboxylic acids is 1. The highest BCUT2D eigenvalue weighted by Gasteiger charge is 2.23. The molecule has 26 heavy (non-hydrogen) atoms. The van der Waals surface area contributed by atoms with Crippen LogP contribution in [0.5, 0.6) is 17.2 Å². The Bertz CT molecular complexity index is 917. The zero-order valence-corrected chi connectivity index (χ0v) is 14.9. The van der Waals surface area contributed by atoms with Crippen LogP contribution in [-0.2, 0) is 6.54 Å². The summed E-state index contributed by atoms with van der Waals surface area (Å²) in [6.07, 6.45) is 1.71. The molecule has 7 nitrogen and oxygen atoms in total. The van der Waals surface area contributed by atoms with E-state index in [9.17, 15) is 4.79 Å². The minimum Gasteiger partial charge on any atom is -0.497 e. The molecule has 0 unspecified atom stereocenters. The third-order valence-corrected chi connectivity index (χ3v) is 4.98. The number of hydrogen-bond donors (Lipinski definition) is 2. The molecule has 1 aliphatic rings. The van der Waals surface area contributed by atoms with Crippen molar-refractivity contribution in [2.24, 2.45) is 0 Å². The monoisotopic (exact) mass is 371 g/mol. The summed E-state index contributed by atoms with van der Waals surface area (Å²) in [7, 11) is 1.63. The van der Waals surface area contributed by atoms with Crippen LogP contribution in [0.1, 0.15) is 15.2 Å². The second-order valence-electron chi connectivity index (χ2n) is 5.64. The van der Waals surface area contributed by atoms with Crippen molar-refractivity contribution < 1.29 is 19.0 Å². The third kappa shape index (κ3) is 3.11. The maximum absolute atomic E-state index is 12.5. The summed E-state index contributed by atoms with van der Waals surface area (Å²) in [6.45, 7) is 1.31. The van der Waals surface area contributed by atoms with Crippen molar-refractivity contribution in [3.8, 4) is 28.5 Å². The van der Waals surface area contributed by atoms with Gasteiger partial charge in [0.15, 0.2) is 11.5 Å². The number of hydrogen-bond acceptors (Lipinski definition) is 6. The summed E-state index contributed by atoms with van der Waals surface area (Å²) in [5.41, 5.74) is 2.73. The van der Waals surface area contributed by atoms with Gasteiger partial charge in [0.05, 0.1) is 19.0 Å². The van der Waals surface area contributed by atoms with Crippen LogP contribution in [0.4, 0.5) is 0 Å². The fraction of sp³-hybridized carbons (Fsp3) is 0.222. The van der Waals surface area contributed by atoms with Gasteiger partial charge in [-0.1, -0.05) is 0 Å². The SMILES string of the molecule is COc1ccc(-c2[nH]ncc2CNC(=O)c2scc3c2OCCO3)cc1. The minimum absolute atomic E-state index is 0.191. The molecule has 1 aromatic carbocycles. The van der Waals surface area contributed by atoms with Gasteiger partial charge in [-0.05, 0) is 24.3 Å². The van der Waals surface area contributed by atoms with Crippen molar-refractivity contribution in [3.63, 3.8) is 0 Å². The molecule has 2 aromatic heterocycles. The molecule has 3 heterocycles. The number of H-pyrrole nitrogens is 1. The van der Waals surface area contributed by atoms with Gasteiger partial charge in [-0.25, -0.2) is 0 Å². The number of aromatic nitrogens is 2. The van der Waals surface area contributed by atoms with Crippen LogP contribution in [0.3, 0.4) is 0 Å². The second-order valence-corrected chi connectivity index (χ2v) is 6.52. The lowest BCUT2D eigenvalue weighted by atomic mass is 10.1. The van der Waals surface area contributed by atoms with Gasteiger partial charge in [0.1, 0.15) is 23.8 Å². The van der Waals surface area contributed by atoms with E-state index in [0.717, 1.165) is 22.6 Å². The Morgan fingerprint density at radius 1 is 1.31 bits per heavy atom. The number of thiophene rings is 1. The molecule has 134 valence electrons. The third-order valence-electron chi connectivity index (χ3n) is 4.04. The number of rotatable bonds is 5. The van der Waals surface area contributed by atoms with E-state index in [0.29, 0.717) is 36.1 Å². The largest absolute Gasteiger partial charge is 0.497 e. The first kappa shape index (κ1) is 16.5. The van der Waals surface area contributed by atoms with Crippen LogP contribution in [0.15, 0.2) is 35.8 Å². The maximum Gasteiger partial charge on any atom is 0.265 e. The van der Waals surface area contributed by atoms with Crippen LogP contribution in [0.2, 0.25) is 0 Å². The van der Waals surface area contributed by atoms with Gasteiger partial charge in [-0.15, -0.1) is 11.3 Å². The average Bonchev–Trinajstić information content (AvgIpc) is 3.33. The Morgan fingerprint density at radius 3 is 2.92 bits per heavy atom. The first-order valence-electron chi connectivity index (χ1n) is 8.08. The molecule has 2 N–H and O–H groups in total. The van der Waals surface area contributed by atoms with Crippen LogP contribution in [-0.4, -0.2) is 36.4 Å². The number of ether oxygens (including phenoxy) is 3. The zero-order chi connectivity index (χ0) is 17.9. The highest BCUT2D eigenvalue weighted by Crippen LogP contribution is 2.39. The predicted molar refractivity (Wildman–Crippen MR) is 97.1 cm³/mol. The first-order valence-corrected chi connectivity index (χ1v) is 8.96. The van der Waals surface area contributed by atoms with Crippen molar-refractivity contribution in [2.45, 2.75) is 6.54 Å². The van der Waals surface area contributed by atoms with Crippen LogP contribution < -0.4 is 19.5 Å². The van der Waals surface area contributed by atoms with Gasteiger partial charge in [-0.3, -0.25) is 9.89 Å². The maximum atomic E-state index is 12.5. The Balaban J connectivity index is 1.48. The Hall–Kier alpha value is -3.00. The van der Waals surface area contributed by atoms with E-state index in [-0.39, 0.29) is 5.91 Å². The number of nitrogens with one attached hydrogen (secondary N) is 2. The molecule has 0 fully saturated rings. The average molecular weight is 371 g/mol. The number of amides is 1. The van der Waals surface area contributed by atoms with Crippen LogP contribution >= 0.6 is 11.3 Å². The molecular weight excluding hydrogens is 354 g/mol. The number of carbonyl (C=O) groups is 1. The minimum atomic E-state index is -0.191. The number of nitrogens with zero attached hydrogens (tertiary/aromatic N) is 1. The highest BCUT2D eigenvalue weighted by atomic mass is 32.1. The van der Waals surface area contributed by atoms with E-state index in [1.807, 2.05) is 24.3 Å². The van der Waals surface area contributed by atoms with Crippen LogP contribution in [0, 0.1) is 0 Å². The Morgan fingerprint density at radius 2 is 2.12 bits per heavy atom. The predicted octanol–water partition coefficient (Wildman–Crippen LogP) is 2.85. The summed E-state index contributed by atoms with van der Waals surface area (Å²) in [5.74, 6) is 1.76. The molecule has 0 radical (unpaired) electrons. The van der Waals surface area contributed by atoms with Gasteiger partial charge < -0.3 is 19.5 Å². The number of aromatic amines is 1. The van der Waals surface area contributed by atoms with Crippen LogP contribution in [0.25, 0.3) is 11.3 Å². The zero-order valence-electron chi connectivity index (χ0n) is 14.1. The lowest BCUT2D eigenvalue weighted by molar-refractivity contribution is 0.0946. The van der Waals surface area contributed by atoms with Crippen molar-refractivity contribution in [1.82, 2.24) is 15.5 Å². The second kappa shape index (κ2) is 7.09. The molecule has 1 amide bonds. The van der Waals surface area contributed by atoms with Gasteiger partial charge in [0.2, 0.25) is 0 Å². The lowest BCUT2D eigenvalue weighted by Crippen LogP contribution is -2.23. The molecule has 4 rings (SSSR count). The standard InChI is InChI=1S/C18H17N3O4S/c1-23-13-4-2-11(3-5-13)15-12(9-20-21-15)8-19-18(22)17-16-14(10-26-17)24-6-7-25-16/h2-5,9-10H,6-8H2,1H3,(H,19,22)(H,20,21). The summed E-state index contributed by atoms with van der Waals surface area (Å²) < 4.78 is 16.2. The molecule has 3 aromatic rings. The van der Waals surface area contributed by atoms with Crippen molar-refractivity contribution in [1.29, 1.82) is 0 Å². The van der Waals surface area contributed by atoms with Gasteiger partial charge in [0.25, 0.3) is 5.91 Å². The highest BCUT2D eigenvalue weighted by molar-refractivity contribution is 7.12. The van der Waals surface area contributed by atoms with E-state index < -0.39 is 0 Å². The van der Waals surface area contributed by atoms with Crippen molar-refractivity contribution >= 4 is 17.2 Å². The lowest BCUT2D eigenvalue weighted by Gasteiger charge is -2.15. The van der Waals surface area contributed by atoms with Crippen molar-refractivity contribution in [2.75, 3.05) is 20.3 Å². The molecule has 1 aliphatic heterocycles. The molecule has 0 atom stereocenters.